The molecule has 7 aliphatic carbocycles. The molecule has 13 rings (SSSR count). The quantitative estimate of drug-likeness (QED) is 0.0877. The van der Waals surface area contributed by atoms with Crippen molar-refractivity contribution in [2.24, 2.45) is 10.8 Å². The van der Waals surface area contributed by atoms with Crippen molar-refractivity contribution < 1.29 is 68.8 Å². The Labute approximate surface area is 437 Å². The Hall–Kier alpha value is 0.195. The first-order valence-corrected chi connectivity index (χ1v) is 43.9. The Morgan fingerprint density at radius 1 is 0.431 bits per heavy atom. The lowest BCUT2D eigenvalue weighted by Crippen LogP contribution is -2.90. The van der Waals surface area contributed by atoms with Gasteiger partial charge in [0.25, 0.3) is 0 Å². The van der Waals surface area contributed by atoms with Crippen molar-refractivity contribution in [2.45, 2.75) is 272 Å². The van der Waals surface area contributed by atoms with Crippen molar-refractivity contribution >= 4 is 82.4 Å². The van der Waals surface area contributed by atoms with Gasteiger partial charge in [0.15, 0.2) is 0 Å². The summed E-state index contributed by atoms with van der Waals surface area (Å²) in [6.07, 6.45) is 28.3. The molecule has 0 spiro atoms. The zero-order valence-electron chi connectivity index (χ0n) is 43.9. The monoisotopic (exact) mass is 1140 g/mol. The summed E-state index contributed by atoms with van der Waals surface area (Å²) in [5, 5.41) is 10.1. The Bertz CT molecular complexity index is 1820. The van der Waals surface area contributed by atoms with E-state index in [4.69, 9.17) is 54.1 Å². The first-order valence-electron chi connectivity index (χ1n) is 29.4. The molecule has 24 heteroatoms. The average molecular weight is 1140 g/mol. The largest absolute Gasteiger partial charge is 0.482 e. The summed E-state index contributed by atoms with van der Waals surface area (Å²) in [5.41, 5.74) is -2.37. The molecule has 7 saturated carbocycles. The number of esters is 1. The van der Waals surface area contributed by atoms with Crippen LogP contribution in [0.2, 0.25) is 44.8 Å². The summed E-state index contributed by atoms with van der Waals surface area (Å²) >= 11 is 0. The summed E-state index contributed by atoms with van der Waals surface area (Å²) in [5.74, 6) is -1.34. The van der Waals surface area contributed by atoms with Gasteiger partial charge in [-0.1, -0.05) is 96.8 Å². The lowest BCUT2D eigenvalue weighted by Gasteiger charge is -2.66. The van der Waals surface area contributed by atoms with Gasteiger partial charge in [0.05, 0.1) is 17.4 Å². The number of hydrogen-bond donors (Lipinski definition) is 1. The van der Waals surface area contributed by atoms with E-state index < -0.39 is 93.2 Å². The SMILES string of the molecule is CCC(C)(CC(C)(C)C(=O)O)C(=O)OCCC[Si]12O[Si]3(C4CCCC4)O[Si]4(C5CCCC5)O[Si](C5CCCC5)(O1)O[Si]1(C5CCCC5)O[Si](C5CCCC5)(O2)O[Si](C2CCCC2)(O3)O[Si](C2CCCC2)(O4)O1. The number of aliphatic carboxylic acids is 1. The second-order valence-corrected chi connectivity index (χ2v) is 51.4. The van der Waals surface area contributed by atoms with Crippen LogP contribution in [0, 0.1) is 10.8 Å². The maximum atomic E-state index is 14.2. The maximum absolute atomic E-state index is 14.2. The second-order valence-electron chi connectivity index (χ2n) is 25.5. The molecule has 8 bridgehead atoms. The molecule has 0 amide bonds. The molecule has 0 radical (unpaired) electrons. The normalized spacial score (nSPS) is 43.6. The molecule has 16 nitrogen and oxygen atoms in total. The fourth-order valence-electron chi connectivity index (χ4n) is 15.8. The second kappa shape index (κ2) is 19.8. The molecule has 6 saturated heterocycles. The van der Waals surface area contributed by atoms with Crippen LogP contribution < -0.4 is 0 Å². The molecule has 1 atom stereocenters. The molecule has 6 heterocycles. The van der Waals surface area contributed by atoms with Crippen molar-refractivity contribution in [3.8, 4) is 0 Å². The molecule has 13 fully saturated rings. The van der Waals surface area contributed by atoms with Gasteiger partial charge in [-0.05, 0) is 130 Å². The molecule has 0 aromatic heterocycles. The van der Waals surface area contributed by atoms with Crippen molar-refractivity contribution in [1.82, 2.24) is 0 Å². The molecular weight excluding hydrogens is 1060 g/mol. The van der Waals surface area contributed by atoms with Gasteiger partial charge in [0.1, 0.15) is 0 Å². The van der Waals surface area contributed by atoms with E-state index in [0.29, 0.717) is 12.8 Å². The standard InChI is InChI=1S/C48H86O16Si8/c1-5-48(4,37-47(2,3)45(49)50)46(51)52-35-20-36-65-53-66(38-21-6-7-22-38)56-69(41-27-12-13-28-41)58-67(54-65,39-23-8-9-24-39)60-71(43-31-16-17-32-43)61-68(55-65,40-25-10-11-26-40)59-70(57-66,42-29-14-15-30-42)63-72(62-69,64-71)44-33-18-19-34-44/h38-44H,5-37H2,1-4H3,(H,49,50). The van der Waals surface area contributed by atoms with Crippen LogP contribution in [0.5, 0.6) is 0 Å². The third kappa shape index (κ3) is 9.10. The summed E-state index contributed by atoms with van der Waals surface area (Å²) < 4.78 is 108. The molecule has 13 aliphatic rings. The van der Waals surface area contributed by atoms with Crippen molar-refractivity contribution in [1.29, 1.82) is 0 Å². The van der Waals surface area contributed by atoms with Crippen molar-refractivity contribution in [3.63, 3.8) is 0 Å². The number of hydrogen-bond acceptors (Lipinski definition) is 15. The number of carboxylic acids is 1. The minimum atomic E-state index is -4.24. The fourth-order valence-corrected chi connectivity index (χ4v) is 71.9. The van der Waals surface area contributed by atoms with Gasteiger partial charge in [-0.3, -0.25) is 9.59 Å². The highest BCUT2D eigenvalue weighted by molar-refractivity contribution is 7.04. The third-order valence-electron chi connectivity index (χ3n) is 20.0. The lowest BCUT2D eigenvalue weighted by atomic mass is 9.72. The highest BCUT2D eigenvalue weighted by Gasteiger charge is 2.88. The van der Waals surface area contributed by atoms with Gasteiger partial charge >= 0.3 is 82.4 Å². The van der Waals surface area contributed by atoms with Crippen LogP contribution in [0.1, 0.15) is 227 Å². The minimum Gasteiger partial charge on any atom is -0.481 e. The van der Waals surface area contributed by atoms with Crippen LogP contribution in [0.25, 0.3) is 0 Å². The number of carbonyl (C=O) groups excluding carboxylic acids is 1. The van der Waals surface area contributed by atoms with Crippen LogP contribution in [0.3, 0.4) is 0 Å². The Balaban J connectivity index is 1.07. The molecule has 406 valence electrons. The van der Waals surface area contributed by atoms with Gasteiger partial charge < -0.3 is 59.2 Å². The topological polar surface area (TPSA) is 174 Å². The van der Waals surface area contributed by atoms with Crippen LogP contribution in [-0.4, -0.2) is 94.1 Å². The zero-order chi connectivity index (χ0) is 49.7. The highest BCUT2D eigenvalue weighted by Crippen LogP contribution is 2.66. The fraction of sp³-hybridized carbons (Fsp3) is 0.958. The van der Waals surface area contributed by atoms with Crippen LogP contribution >= 0.6 is 0 Å². The summed E-state index contributed by atoms with van der Waals surface area (Å²) in [4.78, 5) is 26.5. The van der Waals surface area contributed by atoms with Crippen LogP contribution in [-0.2, 0) is 63.7 Å². The van der Waals surface area contributed by atoms with E-state index in [1.54, 1.807) is 13.8 Å². The van der Waals surface area contributed by atoms with E-state index in [1.165, 1.54) is 0 Å². The van der Waals surface area contributed by atoms with Crippen LogP contribution in [0.4, 0.5) is 0 Å². The molecule has 1 N–H and O–H groups in total. The molecular formula is C48H86O16Si8. The van der Waals surface area contributed by atoms with Gasteiger partial charge in [0.2, 0.25) is 0 Å². The number of carboxylic acid groups (broad SMARTS) is 1. The van der Waals surface area contributed by atoms with Crippen molar-refractivity contribution in [2.75, 3.05) is 6.61 Å². The number of ether oxygens (including phenoxy) is 1. The Morgan fingerprint density at radius 3 is 0.889 bits per heavy atom. The number of rotatable bonds is 16. The number of carbonyl (C=O) groups is 2. The van der Waals surface area contributed by atoms with E-state index in [9.17, 15) is 14.7 Å². The lowest BCUT2D eigenvalue weighted by molar-refractivity contribution is -0.160. The molecule has 72 heavy (non-hydrogen) atoms. The van der Waals surface area contributed by atoms with Gasteiger partial charge in [0, 0.05) is 44.8 Å². The zero-order valence-corrected chi connectivity index (χ0v) is 51.9. The van der Waals surface area contributed by atoms with E-state index in [1.807, 2.05) is 13.8 Å². The van der Waals surface area contributed by atoms with Gasteiger partial charge in [-0.2, -0.15) is 0 Å². The highest BCUT2D eigenvalue weighted by atomic mass is 28.6. The molecule has 6 aliphatic heterocycles. The van der Waals surface area contributed by atoms with E-state index in [2.05, 4.69) is 0 Å². The smallest absolute Gasteiger partial charge is 0.481 e. The summed E-state index contributed by atoms with van der Waals surface area (Å²) in [7, 11) is -32.6. The molecule has 1 unspecified atom stereocenters. The molecule has 0 aromatic carbocycles. The predicted molar refractivity (Wildman–Crippen MR) is 279 cm³/mol. The predicted octanol–water partition coefficient (Wildman–Crippen LogP) is 12.2. The first-order chi connectivity index (χ1) is 34.6. The van der Waals surface area contributed by atoms with Crippen molar-refractivity contribution in [3.05, 3.63) is 0 Å². The first kappa shape index (κ1) is 52.9. The van der Waals surface area contributed by atoms with Gasteiger partial charge in [-0.15, -0.1) is 0 Å². The summed E-state index contributed by atoms with van der Waals surface area (Å²) in [6.45, 7) is 7.17. The average Bonchev–Trinajstić information content (AvgIpc) is 4.19. The molecule has 0 aromatic rings. The third-order valence-corrected chi connectivity index (χ3v) is 59.6. The minimum absolute atomic E-state index is 0.00968. The Morgan fingerprint density at radius 2 is 0.667 bits per heavy atom. The van der Waals surface area contributed by atoms with Gasteiger partial charge in [-0.25, -0.2) is 0 Å². The maximum Gasteiger partial charge on any atom is 0.482 e. The van der Waals surface area contributed by atoms with E-state index in [-0.39, 0.29) is 57.9 Å². The van der Waals surface area contributed by atoms with E-state index >= 15 is 0 Å². The van der Waals surface area contributed by atoms with Crippen LogP contribution in [0.15, 0.2) is 0 Å². The van der Waals surface area contributed by atoms with E-state index in [0.717, 1.165) is 180 Å². The summed E-state index contributed by atoms with van der Waals surface area (Å²) in [6, 6.07) is 0.289. The Kier molecular flexibility index (Phi) is 14.5.